The molecule has 2 fully saturated rings. The summed E-state index contributed by atoms with van der Waals surface area (Å²) in [6, 6.07) is 24.8. The molecule has 4 atom stereocenters. The van der Waals surface area contributed by atoms with Crippen LogP contribution in [0, 0.1) is 0 Å². The molecule has 2 saturated heterocycles. The van der Waals surface area contributed by atoms with Crippen LogP contribution in [0.1, 0.15) is 86.0 Å². The van der Waals surface area contributed by atoms with Crippen LogP contribution in [0.3, 0.4) is 0 Å². The van der Waals surface area contributed by atoms with Crippen LogP contribution >= 0.6 is 0 Å². The molecule has 0 aliphatic carbocycles. The van der Waals surface area contributed by atoms with E-state index in [2.05, 4.69) is 34.5 Å². The van der Waals surface area contributed by atoms with Crippen molar-refractivity contribution in [1.82, 2.24) is 10.2 Å². The molecule has 0 spiro atoms. The molecule has 1 amide bonds. The molecule has 0 aromatic heterocycles. The molecule has 9 nitrogen and oxygen atoms in total. The normalized spacial score (nSPS) is 21.5. The lowest BCUT2D eigenvalue weighted by molar-refractivity contribution is -0.253. The minimum atomic E-state index is -0.800. The number of nitrogens with zero attached hydrogens (tertiary/aromatic N) is 1. The van der Waals surface area contributed by atoms with Crippen LogP contribution in [0.25, 0.3) is 11.1 Å². The number of aliphatic hydroxyl groups excluding tert-OH is 1. The number of ether oxygens (including phenoxy) is 3. The van der Waals surface area contributed by atoms with E-state index in [1.54, 1.807) is 7.11 Å². The summed E-state index contributed by atoms with van der Waals surface area (Å²) in [5.74, 6) is -0.831. The predicted octanol–water partition coefficient (Wildman–Crippen LogP) is 6.15. The Kier molecular flexibility index (Phi) is 12.9. The Morgan fingerprint density at radius 1 is 0.915 bits per heavy atom. The molecule has 9 heteroatoms. The maximum absolute atomic E-state index is 12.4. The standard InChI is InChI=1S/C38H48N2O7/c1-45-26-33-12-7-19-40(33)24-34-22-35(29-17-15-27(25-41)16-18-29)47-38(46-34)32-11-6-10-31(21-32)30-9-5-8-28(20-30)23-39-36(42)13-3-2-4-14-37(43)44/h5-6,8-11,15-18,20-21,33-35,38,41H,2-4,7,12-14,19,22-26H2,1H3,(H,39,42)(H,43,44)/t33-,34-,35+,38+/m0/s1. The van der Waals surface area contributed by atoms with Gasteiger partial charge < -0.3 is 29.7 Å². The van der Waals surface area contributed by atoms with Gasteiger partial charge in [-0.05, 0) is 72.2 Å². The van der Waals surface area contributed by atoms with E-state index in [9.17, 15) is 14.7 Å². The van der Waals surface area contributed by atoms with Gasteiger partial charge in [-0.25, -0.2) is 0 Å². The molecule has 5 rings (SSSR count). The molecule has 3 aromatic rings. The van der Waals surface area contributed by atoms with Crippen molar-refractivity contribution in [3.05, 3.63) is 95.1 Å². The molecular formula is C38H48N2O7. The third-order valence-corrected chi connectivity index (χ3v) is 9.11. The number of carboxylic acids is 1. The number of hydrogen-bond acceptors (Lipinski definition) is 7. The molecule has 2 aliphatic heterocycles. The summed E-state index contributed by atoms with van der Waals surface area (Å²) in [4.78, 5) is 25.5. The maximum atomic E-state index is 12.4. The van der Waals surface area contributed by atoms with Crippen LogP contribution in [0.4, 0.5) is 0 Å². The molecule has 0 radical (unpaired) electrons. The fraction of sp³-hybridized carbons (Fsp3) is 0.474. The first kappa shape index (κ1) is 34.7. The minimum absolute atomic E-state index is 0.00651. The quantitative estimate of drug-likeness (QED) is 0.159. The Hall–Kier alpha value is -3.60. The van der Waals surface area contributed by atoms with E-state index in [4.69, 9.17) is 19.3 Å². The lowest BCUT2D eigenvalue weighted by Gasteiger charge is -2.39. The van der Waals surface area contributed by atoms with Crippen LogP contribution in [-0.2, 0) is 37.0 Å². The lowest BCUT2D eigenvalue weighted by atomic mass is 9.98. The first-order valence-electron chi connectivity index (χ1n) is 16.8. The number of aliphatic carboxylic acids is 1. The Balaban J connectivity index is 1.27. The molecule has 3 aromatic carbocycles. The summed E-state index contributed by atoms with van der Waals surface area (Å²) >= 11 is 0. The molecule has 3 N–H and O–H groups in total. The van der Waals surface area contributed by atoms with Gasteiger partial charge in [0.25, 0.3) is 0 Å². The first-order valence-corrected chi connectivity index (χ1v) is 16.8. The van der Waals surface area contributed by atoms with E-state index >= 15 is 0 Å². The number of benzene rings is 3. The second-order valence-corrected chi connectivity index (χ2v) is 12.7. The highest BCUT2D eigenvalue weighted by Crippen LogP contribution is 2.39. The van der Waals surface area contributed by atoms with E-state index in [0.717, 1.165) is 78.8 Å². The zero-order valence-corrected chi connectivity index (χ0v) is 27.3. The first-order chi connectivity index (χ1) is 22.9. The van der Waals surface area contributed by atoms with Gasteiger partial charge in [-0.2, -0.15) is 0 Å². The average Bonchev–Trinajstić information content (AvgIpc) is 3.53. The van der Waals surface area contributed by atoms with Crippen LogP contribution in [0.5, 0.6) is 0 Å². The highest BCUT2D eigenvalue weighted by molar-refractivity contribution is 5.76. The van der Waals surface area contributed by atoms with Gasteiger partial charge in [-0.3, -0.25) is 14.5 Å². The van der Waals surface area contributed by atoms with Gasteiger partial charge in [0.1, 0.15) is 0 Å². The largest absolute Gasteiger partial charge is 0.481 e. The second kappa shape index (κ2) is 17.5. The van der Waals surface area contributed by atoms with Gasteiger partial charge in [-0.15, -0.1) is 0 Å². The van der Waals surface area contributed by atoms with Crippen LogP contribution in [0.15, 0.2) is 72.8 Å². The topological polar surface area (TPSA) is 118 Å². The third kappa shape index (κ3) is 10.2. The molecular weight excluding hydrogens is 596 g/mol. The van der Waals surface area contributed by atoms with Crippen molar-refractivity contribution in [2.75, 3.05) is 26.8 Å². The fourth-order valence-corrected chi connectivity index (χ4v) is 6.56. The molecule has 0 saturated carbocycles. The summed E-state index contributed by atoms with van der Waals surface area (Å²) < 4.78 is 18.8. The predicted molar refractivity (Wildman–Crippen MR) is 179 cm³/mol. The highest BCUT2D eigenvalue weighted by atomic mass is 16.7. The van der Waals surface area contributed by atoms with Gasteiger partial charge in [0, 0.05) is 51.1 Å². The van der Waals surface area contributed by atoms with Gasteiger partial charge in [0.15, 0.2) is 6.29 Å². The van der Waals surface area contributed by atoms with E-state index in [1.165, 1.54) is 0 Å². The minimum Gasteiger partial charge on any atom is -0.481 e. The number of amides is 1. The van der Waals surface area contributed by atoms with Gasteiger partial charge >= 0.3 is 5.97 Å². The van der Waals surface area contributed by atoms with Crippen molar-refractivity contribution in [2.45, 2.75) is 89.1 Å². The van der Waals surface area contributed by atoms with E-state index in [1.807, 2.05) is 48.5 Å². The fourth-order valence-electron chi connectivity index (χ4n) is 6.56. The van der Waals surface area contributed by atoms with Crippen LogP contribution < -0.4 is 5.32 Å². The molecule has 0 unspecified atom stereocenters. The number of carbonyl (C=O) groups excluding carboxylic acids is 1. The molecule has 0 bridgehead atoms. The van der Waals surface area contributed by atoms with Crippen LogP contribution in [0.2, 0.25) is 0 Å². The third-order valence-electron chi connectivity index (χ3n) is 9.11. The van der Waals surface area contributed by atoms with Crippen LogP contribution in [-0.4, -0.2) is 65.9 Å². The summed E-state index contributed by atoms with van der Waals surface area (Å²) in [6.07, 6.45) is 4.83. The number of aliphatic hydroxyl groups is 1. The van der Waals surface area contributed by atoms with E-state index in [0.29, 0.717) is 31.8 Å². The maximum Gasteiger partial charge on any atom is 0.303 e. The Bertz CT molecular complexity index is 1450. The van der Waals surface area contributed by atoms with E-state index < -0.39 is 12.3 Å². The molecule has 2 heterocycles. The van der Waals surface area contributed by atoms with Crippen molar-refractivity contribution in [3.8, 4) is 11.1 Å². The van der Waals surface area contributed by atoms with Gasteiger partial charge in [0.2, 0.25) is 5.91 Å². The number of unbranched alkanes of at least 4 members (excludes halogenated alkanes) is 2. The number of hydrogen-bond donors (Lipinski definition) is 3. The number of methoxy groups -OCH3 is 1. The smallest absolute Gasteiger partial charge is 0.303 e. The van der Waals surface area contributed by atoms with Crippen molar-refractivity contribution < 1.29 is 34.0 Å². The second-order valence-electron chi connectivity index (χ2n) is 12.7. The molecule has 47 heavy (non-hydrogen) atoms. The van der Waals surface area contributed by atoms with Crippen molar-refractivity contribution in [2.24, 2.45) is 0 Å². The summed E-state index contributed by atoms with van der Waals surface area (Å²) in [7, 11) is 1.76. The lowest BCUT2D eigenvalue weighted by Crippen LogP contribution is -2.42. The van der Waals surface area contributed by atoms with Crippen molar-refractivity contribution in [1.29, 1.82) is 0 Å². The zero-order chi connectivity index (χ0) is 33.0. The summed E-state index contributed by atoms with van der Waals surface area (Å²) in [5, 5.41) is 21.3. The molecule has 2 aliphatic rings. The Labute approximate surface area is 277 Å². The van der Waals surface area contributed by atoms with Gasteiger partial charge in [-0.1, -0.05) is 67.1 Å². The zero-order valence-electron chi connectivity index (χ0n) is 27.3. The average molecular weight is 645 g/mol. The Morgan fingerprint density at radius 3 is 2.45 bits per heavy atom. The van der Waals surface area contributed by atoms with Crippen molar-refractivity contribution in [3.63, 3.8) is 0 Å². The van der Waals surface area contributed by atoms with E-state index in [-0.39, 0.29) is 31.1 Å². The number of rotatable bonds is 16. The Morgan fingerprint density at radius 2 is 1.68 bits per heavy atom. The van der Waals surface area contributed by atoms with Gasteiger partial charge in [0.05, 0.1) is 25.4 Å². The summed E-state index contributed by atoms with van der Waals surface area (Å²) in [6.45, 7) is 3.00. The molecule has 252 valence electrons. The number of carbonyl (C=O) groups is 2. The highest BCUT2D eigenvalue weighted by Gasteiger charge is 2.35. The number of likely N-dealkylation sites (tertiary alicyclic amines) is 1. The number of nitrogens with one attached hydrogen (secondary N) is 1. The SMILES string of the molecule is COC[C@@H]1CCCN1C[C@@H]1C[C@H](c2ccc(CO)cc2)O[C@H](c2cccc(-c3cccc(CNC(=O)CCCCCC(=O)O)c3)c2)O1. The monoisotopic (exact) mass is 644 g/mol. The summed E-state index contributed by atoms with van der Waals surface area (Å²) in [5.41, 5.74) is 5.96. The van der Waals surface area contributed by atoms with Crippen molar-refractivity contribution >= 4 is 11.9 Å². The number of carboxylic acid groups (broad SMARTS) is 1.